The van der Waals surface area contributed by atoms with Crippen molar-refractivity contribution in [3.8, 4) is 0 Å². The fourth-order valence-corrected chi connectivity index (χ4v) is 2.51. The zero-order valence-electron chi connectivity index (χ0n) is 23.9. The quantitative estimate of drug-likeness (QED) is 0.294. The molecule has 4 N–H and O–H groups in total. The number of aliphatic imine (C=N–C) groups is 1. The molecule has 0 radical (unpaired) electrons. The molecule has 0 fully saturated rings. The van der Waals surface area contributed by atoms with Gasteiger partial charge in [-0.3, -0.25) is 4.99 Å². The molecule has 0 saturated carbocycles. The van der Waals surface area contributed by atoms with E-state index < -0.39 is 0 Å². The fraction of sp³-hybridized carbons (Fsp3) is 0.533. The molecular formula is C30H54N4. The molecule has 0 spiro atoms. The lowest BCUT2D eigenvalue weighted by atomic mass is 10.1. The van der Waals surface area contributed by atoms with Crippen molar-refractivity contribution >= 4 is 23.3 Å². The Labute approximate surface area is 212 Å². The van der Waals surface area contributed by atoms with Crippen LogP contribution in [-0.2, 0) is 0 Å². The average Bonchev–Trinajstić information content (AvgIpc) is 2.79. The van der Waals surface area contributed by atoms with Gasteiger partial charge in [-0.1, -0.05) is 110 Å². The average molecular weight is 471 g/mol. The van der Waals surface area contributed by atoms with E-state index >= 15 is 0 Å². The monoisotopic (exact) mass is 470 g/mol. The molecule has 1 heterocycles. The lowest BCUT2D eigenvalue weighted by molar-refractivity contribution is 0.576. The standard InChI is InChI=1S/C11H18.C10H14N4.C6H14.C3H8/c1-5-7-11(4)9-8-10(3)6-2;1-3-7(6-13-2)8-4-5-14-10(12)9(8)11;1-4-5-6(2)3;1-3-2/h7-9H,3,5-6H2,1-2,4H3;3-6H,11H2,1-2H3,(H2,12,14);6H,4-5H2,1-3H3;3H2,1-2H3/b9-8-,11-7-;7-3+,13-6?;;. The van der Waals surface area contributed by atoms with Crippen LogP contribution in [0.1, 0.15) is 100.0 Å². The van der Waals surface area contributed by atoms with E-state index in [0.717, 1.165) is 29.9 Å². The number of allylic oxidation sites excluding steroid dienone is 7. The Morgan fingerprint density at radius 1 is 1.12 bits per heavy atom. The summed E-state index contributed by atoms with van der Waals surface area (Å²) in [6.07, 6.45) is 17.8. The van der Waals surface area contributed by atoms with Crippen LogP contribution in [-0.4, -0.2) is 18.2 Å². The maximum absolute atomic E-state index is 5.80. The Morgan fingerprint density at radius 3 is 2.09 bits per heavy atom. The number of nitrogens with two attached hydrogens (primary N) is 2. The number of hydrogen-bond acceptors (Lipinski definition) is 4. The van der Waals surface area contributed by atoms with Gasteiger partial charge in [-0.2, -0.15) is 0 Å². The highest BCUT2D eigenvalue weighted by Crippen LogP contribution is 2.23. The number of pyridine rings is 1. The van der Waals surface area contributed by atoms with Crippen LogP contribution < -0.4 is 11.5 Å². The van der Waals surface area contributed by atoms with Crippen LogP contribution in [0.2, 0.25) is 0 Å². The molecule has 4 nitrogen and oxygen atoms in total. The normalized spacial score (nSPS) is 11.4. The Balaban J connectivity index is -0.000000427. The molecule has 0 unspecified atom stereocenters. The molecule has 0 bridgehead atoms. The minimum atomic E-state index is 0.353. The van der Waals surface area contributed by atoms with Crippen molar-refractivity contribution < 1.29 is 0 Å². The number of nitrogens with zero attached hydrogens (tertiary/aromatic N) is 2. The van der Waals surface area contributed by atoms with Crippen LogP contribution in [0.5, 0.6) is 0 Å². The van der Waals surface area contributed by atoms with Gasteiger partial charge in [0.25, 0.3) is 0 Å². The van der Waals surface area contributed by atoms with Crippen LogP contribution in [0.4, 0.5) is 11.5 Å². The Bertz CT molecular complexity index is 753. The van der Waals surface area contributed by atoms with Crippen LogP contribution >= 0.6 is 0 Å². The first kappa shape index (κ1) is 36.0. The molecule has 0 aliphatic heterocycles. The van der Waals surface area contributed by atoms with E-state index in [-0.39, 0.29) is 0 Å². The van der Waals surface area contributed by atoms with Crippen LogP contribution in [0.15, 0.2) is 59.3 Å². The summed E-state index contributed by atoms with van der Waals surface area (Å²) in [7, 11) is 1.71. The molecule has 1 aromatic heterocycles. The van der Waals surface area contributed by atoms with E-state index in [0.29, 0.717) is 11.5 Å². The molecule has 0 amide bonds. The van der Waals surface area contributed by atoms with Gasteiger partial charge in [0.2, 0.25) is 0 Å². The van der Waals surface area contributed by atoms with Crippen molar-refractivity contribution in [2.24, 2.45) is 10.9 Å². The third-order valence-electron chi connectivity index (χ3n) is 4.34. The topological polar surface area (TPSA) is 77.3 Å². The predicted octanol–water partition coefficient (Wildman–Crippen LogP) is 9.07. The minimum absolute atomic E-state index is 0.353. The lowest BCUT2D eigenvalue weighted by Crippen LogP contribution is -2.02. The number of nitrogen functional groups attached to an aromatic ring is 2. The molecule has 194 valence electrons. The van der Waals surface area contributed by atoms with Crippen molar-refractivity contribution in [3.63, 3.8) is 0 Å². The molecule has 0 aromatic carbocycles. The van der Waals surface area contributed by atoms with E-state index in [1.165, 1.54) is 30.4 Å². The smallest absolute Gasteiger partial charge is 0.147 e. The van der Waals surface area contributed by atoms with Gasteiger partial charge in [0, 0.05) is 25.0 Å². The van der Waals surface area contributed by atoms with Gasteiger partial charge in [0.05, 0.1) is 5.69 Å². The van der Waals surface area contributed by atoms with Gasteiger partial charge in [-0.15, -0.1) is 0 Å². The van der Waals surface area contributed by atoms with Gasteiger partial charge < -0.3 is 11.5 Å². The van der Waals surface area contributed by atoms with Crippen molar-refractivity contribution in [1.29, 1.82) is 0 Å². The summed E-state index contributed by atoms with van der Waals surface area (Å²) in [5.41, 5.74) is 16.2. The maximum Gasteiger partial charge on any atom is 0.147 e. The van der Waals surface area contributed by atoms with Crippen molar-refractivity contribution in [2.45, 2.75) is 94.4 Å². The van der Waals surface area contributed by atoms with E-state index in [1.54, 1.807) is 19.5 Å². The minimum Gasteiger partial charge on any atom is -0.395 e. The van der Waals surface area contributed by atoms with E-state index in [9.17, 15) is 0 Å². The molecule has 4 heteroatoms. The third-order valence-corrected chi connectivity index (χ3v) is 4.34. The summed E-state index contributed by atoms with van der Waals surface area (Å²) in [5.74, 6) is 1.25. The summed E-state index contributed by atoms with van der Waals surface area (Å²) in [6, 6.07) is 1.82. The highest BCUT2D eigenvalue weighted by Gasteiger charge is 2.05. The Kier molecular flexibility index (Phi) is 26.5. The Hall–Kier alpha value is -2.62. The first-order chi connectivity index (χ1) is 16.1. The SMILES string of the molecule is C/C=C(\C=NC)c1ccnc(N)c1N.C=C(/C=C\C(C)=C/CC)CC.CCC.CCCC(C)C. The Morgan fingerprint density at radius 2 is 1.71 bits per heavy atom. The second-order valence-corrected chi connectivity index (χ2v) is 8.38. The maximum atomic E-state index is 5.80. The molecule has 0 aliphatic rings. The fourth-order valence-electron chi connectivity index (χ4n) is 2.51. The second-order valence-electron chi connectivity index (χ2n) is 8.38. The van der Waals surface area contributed by atoms with Crippen LogP contribution in [0.3, 0.4) is 0 Å². The van der Waals surface area contributed by atoms with Crippen molar-refractivity contribution in [1.82, 2.24) is 4.98 Å². The number of hydrogen-bond donors (Lipinski definition) is 2. The summed E-state index contributed by atoms with van der Waals surface area (Å²) >= 11 is 0. The molecule has 1 aromatic rings. The molecule has 1 rings (SSSR count). The second kappa shape index (κ2) is 25.0. The summed E-state index contributed by atoms with van der Waals surface area (Å²) in [4.78, 5) is 7.84. The first-order valence-corrected chi connectivity index (χ1v) is 12.7. The summed E-state index contributed by atoms with van der Waals surface area (Å²) in [5, 5.41) is 0. The lowest BCUT2D eigenvalue weighted by Gasteiger charge is -2.06. The molecule has 34 heavy (non-hydrogen) atoms. The van der Waals surface area contributed by atoms with Gasteiger partial charge >= 0.3 is 0 Å². The molecule has 0 saturated heterocycles. The first-order valence-electron chi connectivity index (χ1n) is 12.7. The third kappa shape index (κ3) is 21.2. The van der Waals surface area contributed by atoms with E-state index in [1.807, 2.05) is 19.1 Å². The summed E-state index contributed by atoms with van der Waals surface area (Å²) in [6.45, 7) is 23.2. The zero-order valence-corrected chi connectivity index (χ0v) is 23.9. The highest BCUT2D eigenvalue weighted by atomic mass is 14.9. The predicted molar refractivity (Wildman–Crippen MR) is 159 cm³/mol. The van der Waals surface area contributed by atoms with Gasteiger partial charge in [0.1, 0.15) is 5.82 Å². The number of anilines is 2. The van der Waals surface area contributed by atoms with Gasteiger partial charge in [0.15, 0.2) is 0 Å². The van der Waals surface area contributed by atoms with Gasteiger partial charge in [-0.05, 0) is 44.2 Å². The van der Waals surface area contributed by atoms with Crippen molar-refractivity contribution in [2.75, 3.05) is 18.5 Å². The van der Waals surface area contributed by atoms with Crippen LogP contribution in [0, 0.1) is 5.92 Å². The van der Waals surface area contributed by atoms with Gasteiger partial charge in [-0.25, -0.2) is 4.98 Å². The largest absolute Gasteiger partial charge is 0.395 e. The van der Waals surface area contributed by atoms with E-state index in [2.05, 4.69) is 90.2 Å². The van der Waals surface area contributed by atoms with E-state index in [4.69, 9.17) is 11.5 Å². The summed E-state index contributed by atoms with van der Waals surface area (Å²) < 4.78 is 0. The zero-order chi connectivity index (χ0) is 26.9. The van der Waals surface area contributed by atoms with Crippen molar-refractivity contribution in [3.05, 3.63) is 59.9 Å². The highest BCUT2D eigenvalue weighted by molar-refractivity contribution is 6.12. The van der Waals surface area contributed by atoms with Crippen LogP contribution in [0.25, 0.3) is 5.57 Å². The molecule has 0 aliphatic carbocycles. The number of aromatic nitrogens is 1. The molecule has 0 atom stereocenters. The molecular weight excluding hydrogens is 416 g/mol. The number of rotatable bonds is 8.